The summed E-state index contributed by atoms with van der Waals surface area (Å²) in [6, 6.07) is 0.319. The highest BCUT2D eigenvalue weighted by Crippen LogP contribution is 2.30. The quantitative estimate of drug-likeness (QED) is 0.750. The van der Waals surface area contributed by atoms with Gasteiger partial charge in [-0.2, -0.15) is 0 Å². The Balaban J connectivity index is 2.76. The van der Waals surface area contributed by atoms with Gasteiger partial charge >= 0.3 is 0 Å². The molecule has 0 bridgehead atoms. The van der Waals surface area contributed by atoms with Crippen molar-refractivity contribution >= 4 is 11.6 Å². The van der Waals surface area contributed by atoms with Crippen molar-refractivity contribution in [3.8, 4) is 0 Å². The van der Waals surface area contributed by atoms with Crippen LogP contribution in [-0.2, 0) is 4.74 Å². The van der Waals surface area contributed by atoms with Gasteiger partial charge in [0.1, 0.15) is 0 Å². The Morgan fingerprint density at radius 3 is 2.81 bits per heavy atom. The van der Waals surface area contributed by atoms with Crippen molar-refractivity contribution < 1.29 is 4.74 Å². The molecule has 92 valence electrons. The van der Waals surface area contributed by atoms with E-state index in [-0.39, 0.29) is 5.38 Å². The standard InChI is InChI=1S/C13H22ClNO/c1-5-11-12(14)7-6-9(2)13(11)15-10(3)8-16-4/h6-7,10-12,15H,5,8H2,1-4H3. The molecule has 0 saturated carbocycles. The minimum Gasteiger partial charge on any atom is -0.383 e. The second kappa shape index (κ2) is 6.31. The molecule has 0 radical (unpaired) electrons. The topological polar surface area (TPSA) is 21.3 Å². The molecule has 0 aromatic carbocycles. The SMILES string of the molecule is CCC1C(NC(C)COC)=C(C)C=CC1Cl. The van der Waals surface area contributed by atoms with Gasteiger partial charge in [0, 0.05) is 24.8 Å². The van der Waals surface area contributed by atoms with Crippen LogP contribution in [0.3, 0.4) is 0 Å². The minimum atomic E-state index is 0.103. The summed E-state index contributed by atoms with van der Waals surface area (Å²) in [5.74, 6) is 0.394. The van der Waals surface area contributed by atoms with Crippen LogP contribution in [0.5, 0.6) is 0 Å². The van der Waals surface area contributed by atoms with E-state index in [1.807, 2.05) is 0 Å². The Morgan fingerprint density at radius 1 is 1.56 bits per heavy atom. The van der Waals surface area contributed by atoms with Gasteiger partial charge in [-0.3, -0.25) is 0 Å². The number of nitrogens with one attached hydrogen (secondary N) is 1. The Kier molecular flexibility index (Phi) is 5.36. The summed E-state index contributed by atoms with van der Waals surface area (Å²) in [6.07, 6.45) is 5.24. The van der Waals surface area contributed by atoms with Crippen LogP contribution in [0.1, 0.15) is 27.2 Å². The highest BCUT2D eigenvalue weighted by atomic mass is 35.5. The maximum atomic E-state index is 6.31. The molecule has 1 N–H and O–H groups in total. The Hall–Kier alpha value is -0.470. The van der Waals surface area contributed by atoms with E-state index in [2.05, 4.69) is 38.2 Å². The zero-order valence-corrected chi connectivity index (χ0v) is 11.3. The molecular formula is C13H22ClNO. The fraction of sp³-hybridized carbons (Fsp3) is 0.692. The van der Waals surface area contributed by atoms with Crippen molar-refractivity contribution in [1.82, 2.24) is 5.32 Å². The third kappa shape index (κ3) is 3.26. The average Bonchev–Trinajstić information content (AvgIpc) is 2.24. The van der Waals surface area contributed by atoms with Crippen LogP contribution < -0.4 is 5.32 Å². The fourth-order valence-electron chi connectivity index (χ4n) is 2.12. The summed E-state index contributed by atoms with van der Waals surface area (Å²) >= 11 is 6.31. The van der Waals surface area contributed by atoms with Crippen molar-refractivity contribution in [3.05, 3.63) is 23.4 Å². The van der Waals surface area contributed by atoms with Gasteiger partial charge in [-0.05, 0) is 25.8 Å². The number of hydrogen-bond acceptors (Lipinski definition) is 2. The smallest absolute Gasteiger partial charge is 0.0661 e. The Morgan fingerprint density at radius 2 is 2.25 bits per heavy atom. The molecule has 0 saturated heterocycles. The molecule has 0 amide bonds. The lowest BCUT2D eigenvalue weighted by molar-refractivity contribution is 0.174. The maximum Gasteiger partial charge on any atom is 0.0661 e. The van der Waals surface area contributed by atoms with Crippen LogP contribution >= 0.6 is 11.6 Å². The molecule has 0 aliphatic heterocycles. The molecule has 3 heteroatoms. The van der Waals surface area contributed by atoms with Crippen LogP contribution in [0, 0.1) is 5.92 Å². The van der Waals surface area contributed by atoms with E-state index in [0.717, 1.165) is 6.42 Å². The summed E-state index contributed by atoms with van der Waals surface area (Å²) in [6.45, 7) is 7.14. The number of hydrogen-bond donors (Lipinski definition) is 1. The van der Waals surface area contributed by atoms with Crippen LogP contribution in [0.2, 0.25) is 0 Å². The van der Waals surface area contributed by atoms with Gasteiger partial charge in [-0.25, -0.2) is 0 Å². The van der Waals surface area contributed by atoms with Gasteiger partial charge in [-0.1, -0.05) is 19.1 Å². The number of alkyl halides is 1. The van der Waals surface area contributed by atoms with Crippen molar-refractivity contribution in [2.75, 3.05) is 13.7 Å². The summed E-state index contributed by atoms with van der Waals surface area (Å²) in [4.78, 5) is 0. The van der Waals surface area contributed by atoms with E-state index in [1.165, 1.54) is 11.3 Å². The lowest BCUT2D eigenvalue weighted by Crippen LogP contribution is -2.36. The number of methoxy groups -OCH3 is 1. The molecular weight excluding hydrogens is 222 g/mol. The zero-order chi connectivity index (χ0) is 12.1. The maximum absolute atomic E-state index is 6.31. The first-order chi connectivity index (χ1) is 7.60. The Bertz CT molecular complexity index is 286. The minimum absolute atomic E-state index is 0.103. The fourth-order valence-corrected chi connectivity index (χ4v) is 2.50. The van der Waals surface area contributed by atoms with Gasteiger partial charge in [-0.15, -0.1) is 11.6 Å². The van der Waals surface area contributed by atoms with E-state index in [9.17, 15) is 0 Å². The molecule has 0 spiro atoms. The molecule has 2 nitrogen and oxygen atoms in total. The first-order valence-corrected chi connectivity index (χ1v) is 6.32. The van der Waals surface area contributed by atoms with E-state index < -0.39 is 0 Å². The molecule has 3 unspecified atom stereocenters. The highest BCUT2D eigenvalue weighted by molar-refractivity contribution is 6.22. The van der Waals surface area contributed by atoms with Gasteiger partial charge in [0.15, 0.2) is 0 Å². The predicted octanol–water partition coefficient (Wildman–Crippen LogP) is 3.09. The largest absolute Gasteiger partial charge is 0.383 e. The first-order valence-electron chi connectivity index (χ1n) is 5.88. The third-order valence-electron chi connectivity index (χ3n) is 2.97. The summed E-state index contributed by atoms with van der Waals surface area (Å²) in [5.41, 5.74) is 2.56. The van der Waals surface area contributed by atoms with Gasteiger partial charge in [0.05, 0.1) is 12.0 Å². The van der Waals surface area contributed by atoms with Gasteiger partial charge < -0.3 is 10.1 Å². The average molecular weight is 244 g/mol. The van der Waals surface area contributed by atoms with Gasteiger partial charge in [0.25, 0.3) is 0 Å². The molecule has 3 atom stereocenters. The summed E-state index contributed by atoms with van der Waals surface area (Å²) < 4.78 is 5.14. The molecule has 0 aromatic heterocycles. The molecule has 1 aliphatic carbocycles. The normalized spacial score (nSPS) is 27.1. The second-order valence-corrected chi connectivity index (χ2v) is 4.92. The predicted molar refractivity (Wildman–Crippen MR) is 69.7 cm³/mol. The van der Waals surface area contributed by atoms with E-state index in [1.54, 1.807) is 7.11 Å². The summed E-state index contributed by atoms with van der Waals surface area (Å²) in [5, 5.41) is 3.62. The van der Waals surface area contributed by atoms with Crippen molar-refractivity contribution in [2.45, 2.75) is 38.6 Å². The zero-order valence-electron chi connectivity index (χ0n) is 10.6. The Labute approximate surface area is 104 Å². The third-order valence-corrected chi connectivity index (χ3v) is 3.42. The molecule has 0 aromatic rings. The lowest BCUT2D eigenvalue weighted by Gasteiger charge is -2.30. The summed E-state index contributed by atoms with van der Waals surface area (Å²) in [7, 11) is 1.72. The van der Waals surface area contributed by atoms with E-state index >= 15 is 0 Å². The highest BCUT2D eigenvalue weighted by Gasteiger charge is 2.25. The van der Waals surface area contributed by atoms with Crippen molar-refractivity contribution in [1.29, 1.82) is 0 Å². The molecule has 1 rings (SSSR count). The van der Waals surface area contributed by atoms with E-state index in [0.29, 0.717) is 18.6 Å². The number of halogens is 1. The number of rotatable bonds is 5. The van der Waals surface area contributed by atoms with Crippen molar-refractivity contribution in [3.63, 3.8) is 0 Å². The monoisotopic (exact) mass is 243 g/mol. The molecule has 0 fully saturated rings. The van der Waals surface area contributed by atoms with Crippen LogP contribution in [0.4, 0.5) is 0 Å². The number of allylic oxidation sites excluding steroid dienone is 4. The van der Waals surface area contributed by atoms with Crippen LogP contribution in [-0.4, -0.2) is 25.1 Å². The second-order valence-electron chi connectivity index (χ2n) is 4.42. The van der Waals surface area contributed by atoms with Gasteiger partial charge in [0.2, 0.25) is 0 Å². The van der Waals surface area contributed by atoms with Crippen LogP contribution in [0.15, 0.2) is 23.4 Å². The lowest BCUT2D eigenvalue weighted by atomic mass is 9.89. The molecule has 1 aliphatic rings. The first kappa shape index (κ1) is 13.6. The van der Waals surface area contributed by atoms with Crippen molar-refractivity contribution in [2.24, 2.45) is 5.92 Å². The van der Waals surface area contributed by atoms with E-state index in [4.69, 9.17) is 16.3 Å². The van der Waals surface area contributed by atoms with Crippen LogP contribution in [0.25, 0.3) is 0 Å². The molecule has 0 heterocycles. The number of ether oxygens (including phenoxy) is 1. The molecule has 16 heavy (non-hydrogen) atoms.